The minimum atomic E-state index is 0.446. The van der Waals surface area contributed by atoms with E-state index in [-0.39, 0.29) is 0 Å². The lowest BCUT2D eigenvalue weighted by atomic mass is 10.1. The monoisotopic (exact) mass is 267 g/mol. The van der Waals surface area contributed by atoms with Gasteiger partial charge in [0.05, 0.1) is 6.04 Å². The Morgan fingerprint density at radius 2 is 2.33 bits per heavy atom. The van der Waals surface area contributed by atoms with E-state index in [0.29, 0.717) is 18.1 Å². The first-order valence-corrected chi connectivity index (χ1v) is 7.91. The van der Waals surface area contributed by atoms with E-state index < -0.39 is 0 Å². The van der Waals surface area contributed by atoms with Crippen molar-refractivity contribution in [3.8, 4) is 0 Å². The maximum Gasteiger partial charge on any atom is 0.110 e. The lowest BCUT2D eigenvalue weighted by Crippen LogP contribution is -2.55. The highest BCUT2D eigenvalue weighted by molar-refractivity contribution is 7.11. The second-order valence-corrected chi connectivity index (χ2v) is 6.40. The summed E-state index contributed by atoms with van der Waals surface area (Å²) in [7, 11) is 0. The minimum absolute atomic E-state index is 0.446. The van der Waals surface area contributed by atoms with Crippen molar-refractivity contribution in [2.24, 2.45) is 0 Å². The van der Waals surface area contributed by atoms with Gasteiger partial charge in [0.15, 0.2) is 0 Å². The maximum atomic E-state index is 4.60. The Balaban J connectivity index is 2.08. The lowest BCUT2D eigenvalue weighted by Gasteiger charge is -2.41. The number of aryl methyl sites for hydroxylation is 1. The Morgan fingerprint density at radius 1 is 1.56 bits per heavy atom. The molecule has 4 heteroatoms. The summed E-state index contributed by atoms with van der Waals surface area (Å²) >= 11 is 1.87. The predicted octanol–water partition coefficient (Wildman–Crippen LogP) is 2.84. The van der Waals surface area contributed by atoms with E-state index in [0.717, 1.165) is 19.5 Å². The molecular formula is C14H25N3S. The van der Waals surface area contributed by atoms with Crippen molar-refractivity contribution in [1.29, 1.82) is 0 Å². The van der Waals surface area contributed by atoms with Crippen LogP contribution in [0.4, 0.5) is 0 Å². The maximum absolute atomic E-state index is 4.60. The van der Waals surface area contributed by atoms with Gasteiger partial charge in [-0.25, -0.2) is 4.98 Å². The van der Waals surface area contributed by atoms with Gasteiger partial charge >= 0.3 is 0 Å². The highest BCUT2D eigenvalue weighted by atomic mass is 32.1. The molecule has 1 fully saturated rings. The van der Waals surface area contributed by atoms with Gasteiger partial charge in [-0.3, -0.25) is 4.90 Å². The molecule has 3 unspecified atom stereocenters. The molecule has 102 valence electrons. The van der Waals surface area contributed by atoms with E-state index in [1.165, 1.54) is 16.3 Å². The summed E-state index contributed by atoms with van der Waals surface area (Å²) in [6, 6.07) is 1.67. The van der Waals surface area contributed by atoms with Gasteiger partial charge in [-0.2, -0.15) is 0 Å². The number of thiazole rings is 1. The first-order chi connectivity index (χ1) is 8.65. The number of hydrogen-bond acceptors (Lipinski definition) is 4. The highest BCUT2D eigenvalue weighted by Gasteiger charge is 2.29. The molecular weight excluding hydrogens is 242 g/mol. The van der Waals surface area contributed by atoms with Crippen molar-refractivity contribution < 1.29 is 0 Å². The Kier molecular flexibility index (Phi) is 4.76. The first kappa shape index (κ1) is 14.0. The predicted molar refractivity (Wildman–Crippen MR) is 78.2 cm³/mol. The minimum Gasteiger partial charge on any atom is -0.311 e. The van der Waals surface area contributed by atoms with E-state index in [2.05, 4.69) is 42.9 Å². The first-order valence-electron chi connectivity index (χ1n) is 7.09. The van der Waals surface area contributed by atoms with Crippen molar-refractivity contribution in [3.05, 3.63) is 16.1 Å². The van der Waals surface area contributed by atoms with Crippen LogP contribution >= 0.6 is 11.3 Å². The van der Waals surface area contributed by atoms with Crippen LogP contribution in [0.3, 0.4) is 0 Å². The molecule has 0 radical (unpaired) electrons. The SMILES string of the molecule is CCc1cnc(C(C)N2CC(CC)NCC2C)s1. The Bertz CT molecular complexity index is 377. The fourth-order valence-electron chi connectivity index (χ4n) is 2.59. The molecule has 18 heavy (non-hydrogen) atoms. The molecule has 3 atom stereocenters. The quantitative estimate of drug-likeness (QED) is 0.909. The Morgan fingerprint density at radius 3 is 2.94 bits per heavy atom. The number of aromatic nitrogens is 1. The summed E-state index contributed by atoms with van der Waals surface area (Å²) in [5, 5.41) is 4.89. The molecule has 1 aliphatic rings. The molecule has 2 heterocycles. The molecule has 0 aromatic carbocycles. The Labute approximate surface area is 115 Å². The molecule has 0 bridgehead atoms. The smallest absolute Gasteiger partial charge is 0.110 e. The molecule has 1 aliphatic heterocycles. The molecule has 1 aromatic rings. The summed E-state index contributed by atoms with van der Waals surface area (Å²) in [6.07, 6.45) is 4.34. The number of piperazine rings is 1. The van der Waals surface area contributed by atoms with Crippen molar-refractivity contribution in [3.63, 3.8) is 0 Å². The zero-order valence-electron chi connectivity index (χ0n) is 11.9. The molecule has 0 spiro atoms. The van der Waals surface area contributed by atoms with Gasteiger partial charge in [-0.15, -0.1) is 11.3 Å². The summed E-state index contributed by atoms with van der Waals surface area (Å²) < 4.78 is 0. The van der Waals surface area contributed by atoms with Crippen molar-refractivity contribution >= 4 is 11.3 Å². The second-order valence-electron chi connectivity index (χ2n) is 5.25. The third-order valence-corrected chi connectivity index (χ3v) is 5.28. The molecule has 1 aromatic heterocycles. The van der Waals surface area contributed by atoms with Crippen LogP contribution in [0, 0.1) is 0 Å². The summed E-state index contributed by atoms with van der Waals surface area (Å²) in [5.41, 5.74) is 0. The van der Waals surface area contributed by atoms with Crippen LogP contribution in [0.2, 0.25) is 0 Å². The number of nitrogens with one attached hydrogen (secondary N) is 1. The molecule has 1 N–H and O–H groups in total. The normalized spacial score (nSPS) is 27.3. The van der Waals surface area contributed by atoms with Crippen LogP contribution in [-0.4, -0.2) is 35.1 Å². The van der Waals surface area contributed by atoms with Gasteiger partial charge in [0.1, 0.15) is 5.01 Å². The number of hydrogen-bond donors (Lipinski definition) is 1. The largest absolute Gasteiger partial charge is 0.311 e. The third kappa shape index (κ3) is 2.92. The topological polar surface area (TPSA) is 28.2 Å². The molecule has 0 saturated carbocycles. The van der Waals surface area contributed by atoms with Crippen LogP contribution < -0.4 is 5.32 Å². The van der Waals surface area contributed by atoms with Crippen LogP contribution in [-0.2, 0) is 6.42 Å². The fraction of sp³-hybridized carbons (Fsp3) is 0.786. The number of nitrogens with zero attached hydrogens (tertiary/aromatic N) is 2. The molecule has 1 saturated heterocycles. The fourth-order valence-corrected chi connectivity index (χ4v) is 3.52. The van der Waals surface area contributed by atoms with E-state index in [1.807, 2.05) is 17.5 Å². The zero-order chi connectivity index (χ0) is 13.1. The summed E-state index contributed by atoms with van der Waals surface area (Å²) in [4.78, 5) is 8.60. The van der Waals surface area contributed by atoms with Gasteiger partial charge in [-0.1, -0.05) is 13.8 Å². The highest BCUT2D eigenvalue weighted by Crippen LogP contribution is 2.28. The van der Waals surface area contributed by atoms with Gasteiger partial charge < -0.3 is 5.32 Å². The van der Waals surface area contributed by atoms with E-state index in [9.17, 15) is 0 Å². The van der Waals surface area contributed by atoms with Crippen molar-refractivity contribution in [2.75, 3.05) is 13.1 Å². The summed E-state index contributed by atoms with van der Waals surface area (Å²) in [5.74, 6) is 0. The second kappa shape index (κ2) is 6.13. The van der Waals surface area contributed by atoms with Crippen molar-refractivity contribution in [2.45, 2.75) is 58.7 Å². The summed E-state index contributed by atoms with van der Waals surface area (Å²) in [6.45, 7) is 11.3. The molecule has 3 nitrogen and oxygen atoms in total. The van der Waals surface area contributed by atoms with Crippen LogP contribution in [0.1, 0.15) is 50.0 Å². The van der Waals surface area contributed by atoms with Gasteiger partial charge in [0.25, 0.3) is 0 Å². The third-order valence-electron chi connectivity index (χ3n) is 3.97. The average Bonchev–Trinajstić information content (AvgIpc) is 2.87. The van der Waals surface area contributed by atoms with Crippen LogP contribution in [0.25, 0.3) is 0 Å². The Hall–Kier alpha value is -0.450. The van der Waals surface area contributed by atoms with E-state index in [4.69, 9.17) is 0 Å². The van der Waals surface area contributed by atoms with Gasteiger partial charge in [0, 0.05) is 36.2 Å². The van der Waals surface area contributed by atoms with Crippen LogP contribution in [0.15, 0.2) is 6.20 Å². The molecule has 2 rings (SSSR count). The van der Waals surface area contributed by atoms with Gasteiger partial charge in [-0.05, 0) is 26.7 Å². The van der Waals surface area contributed by atoms with Crippen molar-refractivity contribution in [1.82, 2.24) is 15.2 Å². The number of rotatable bonds is 4. The zero-order valence-corrected chi connectivity index (χ0v) is 12.8. The molecule has 0 aliphatic carbocycles. The van der Waals surface area contributed by atoms with E-state index in [1.54, 1.807) is 0 Å². The van der Waals surface area contributed by atoms with E-state index >= 15 is 0 Å². The standard InChI is InChI=1S/C14H25N3S/c1-5-12-9-17(10(3)7-15-12)11(4)14-16-8-13(6-2)18-14/h8,10-12,15H,5-7,9H2,1-4H3. The van der Waals surface area contributed by atoms with Gasteiger partial charge in [0.2, 0.25) is 0 Å². The molecule has 0 amide bonds. The average molecular weight is 267 g/mol. The van der Waals surface area contributed by atoms with Crippen LogP contribution in [0.5, 0.6) is 0 Å². The lowest BCUT2D eigenvalue weighted by molar-refractivity contribution is 0.0974.